The Bertz CT molecular complexity index is 1320. The predicted octanol–water partition coefficient (Wildman–Crippen LogP) is 6.84. The first kappa shape index (κ1) is 31.4. The Hall–Kier alpha value is -3.16. The number of hydrogen-bond donors (Lipinski definition) is 3. The number of anilines is 1. The minimum atomic E-state index is -0.168. The molecule has 3 aromatic rings. The van der Waals surface area contributed by atoms with Gasteiger partial charge in [-0.3, -0.25) is 14.6 Å². The van der Waals surface area contributed by atoms with Gasteiger partial charge in [0, 0.05) is 47.8 Å². The van der Waals surface area contributed by atoms with Crippen LogP contribution in [0.3, 0.4) is 0 Å². The normalized spacial score (nSPS) is 11.8. The highest BCUT2D eigenvalue weighted by atomic mass is 32.2. The number of hydrogen-bond acceptors (Lipinski definition) is 5. The van der Waals surface area contributed by atoms with E-state index in [9.17, 15) is 9.59 Å². The van der Waals surface area contributed by atoms with Gasteiger partial charge in [0.05, 0.1) is 11.9 Å². The number of thioether (sulfide) groups is 1. The van der Waals surface area contributed by atoms with Crippen LogP contribution in [0.5, 0.6) is 0 Å². The van der Waals surface area contributed by atoms with Gasteiger partial charge in [0.2, 0.25) is 0 Å². The Morgan fingerprint density at radius 2 is 1.60 bits per heavy atom. The van der Waals surface area contributed by atoms with Crippen LogP contribution in [-0.2, 0) is 12.0 Å². The Kier molecular flexibility index (Phi) is 10.6. The number of carbonyl (C=O) groups is 2. The zero-order chi connectivity index (χ0) is 29.5. The largest absolute Gasteiger partial charge is 0.352 e. The molecule has 0 spiro atoms. The van der Waals surface area contributed by atoms with E-state index in [2.05, 4.69) is 74.8 Å². The number of nitrogens with one attached hydrogen (secondary N) is 3. The second-order valence-electron chi connectivity index (χ2n) is 12.5. The molecule has 7 heteroatoms. The van der Waals surface area contributed by atoms with Crippen molar-refractivity contribution in [3.8, 4) is 11.1 Å². The molecule has 6 nitrogen and oxygen atoms in total. The average Bonchev–Trinajstić information content (AvgIpc) is 2.90. The Labute approximate surface area is 244 Å². The molecule has 1 aromatic heterocycles. The smallest absolute Gasteiger partial charge is 0.255 e. The topological polar surface area (TPSA) is 83.1 Å². The van der Waals surface area contributed by atoms with E-state index in [1.807, 2.05) is 61.2 Å². The lowest BCUT2D eigenvalue weighted by atomic mass is 9.85. The SMILES string of the molecule is CSCCNCc1cc(C(=O)Nc2cnc(C)c(-c3ccc(C(=O)NCC(C)(C)C)cc3)c2)cc(C(C)(C)C)c1. The van der Waals surface area contributed by atoms with E-state index >= 15 is 0 Å². The first-order chi connectivity index (χ1) is 18.8. The van der Waals surface area contributed by atoms with Crippen molar-refractivity contribution in [2.75, 3.05) is 30.4 Å². The summed E-state index contributed by atoms with van der Waals surface area (Å²) in [7, 11) is 0. The number of nitrogens with zero attached hydrogens (tertiary/aromatic N) is 1. The maximum Gasteiger partial charge on any atom is 0.255 e. The van der Waals surface area contributed by atoms with Crippen LogP contribution in [0.25, 0.3) is 11.1 Å². The van der Waals surface area contributed by atoms with Gasteiger partial charge in [-0.2, -0.15) is 11.8 Å². The van der Waals surface area contributed by atoms with Crippen LogP contribution < -0.4 is 16.0 Å². The minimum absolute atomic E-state index is 0.0175. The van der Waals surface area contributed by atoms with Crippen molar-refractivity contribution in [1.82, 2.24) is 15.6 Å². The minimum Gasteiger partial charge on any atom is -0.352 e. The van der Waals surface area contributed by atoms with E-state index in [0.29, 0.717) is 29.9 Å². The third-order valence-electron chi connectivity index (χ3n) is 6.52. The summed E-state index contributed by atoms with van der Waals surface area (Å²) >= 11 is 1.81. The zero-order valence-corrected chi connectivity index (χ0v) is 26.0. The Balaban J connectivity index is 1.80. The molecule has 0 aliphatic heterocycles. The number of pyridine rings is 1. The third kappa shape index (κ3) is 9.20. The number of aryl methyl sites for hydroxylation is 1. The molecule has 40 heavy (non-hydrogen) atoms. The van der Waals surface area contributed by atoms with Gasteiger partial charge < -0.3 is 16.0 Å². The second-order valence-corrected chi connectivity index (χ2v) is 13.5. The molecule has 2 amide bonds. The summed E-state index contributed by atoms with van der Waals surface area (Å²) in [6.45, 7) is 16.9. The molecule has 1 heterocycles. The molecule has 0 unspecified atom stereocenters. The lowest BCUT2D eigenvalue weighted by Gasteiger charge is -2.21. The molecule has 0 saturated heterocycles. The van der Waals surface area contributed by atoms with E-state index in [1.54, 1.807) is 6.20 Å². The third-order valence-corrected chi connectivity index (χ3v) is 7.13. The summed E-state index contributed by atoms with van der Waals surface area (Å²) in [5, 5.41) is 9.50. The summed E-state index contributed by atoms with van der Waals surface area (Å²) in [5.74, 6) is 0.787. The van der Waals surface area contributed by atoms with Gasteiger partial charge in [-0.25, -0.2) is 0 Å². The van der Waals surface area contributed by atoms with Crippen LogP contribution in [0.1, 0.15) is 79.1 Å². The van der Waals surface area contributed by atoms with E-state index in [-0.39, 0.29) is 22.6 Å². The van der Waals surface area contributed by atoms with Crippen LogP contribution in [0.15, 0.2) is 54.7 Å². The number of benzene rings is 2. The fraction of sp³-hybridized carbons (Fsp3) is 0.424. The predicted molar refractivity (Wildman–Crippen MR) is 169 cm³/mol. The summed E-state index contributed by atoms with van der Waals surface area (Å²) in [6.07, 6.45) is 3.78. The Morgan fingerprint density at radius 3 is 2.23 bits per heavy atom. The zero-order valence-electron chi connectivity index (χ0n) is 25.2. The molecular formula is C33H44N4O2S. The summed E-state index contributed by atoms with van der Waals surface area (Å²) in [4.78, 5) is 30.5. The molecule has 0 bridgehead atoms. The highest BCUT2D eigenvalue weighted by molar-refractivity contribution is 7.98. The van der Waals surface area contributed by atoms with Crippen molar-refractivity contribution in [1.29, 1.82) is 0 Å². The molecule has 0 saturated carbocycles. The highest BCUT2D eigenvalue weighted by Crippen LogP contribution is 2.28. The lowest BCUT2D eigenvalue weighted by molar-refractivity contribution is 0.0938. The van der Waals surface area contributed by atoms with E-state index in [1.165, 1.54) is 0 Å². The van der Waals surface area contributed by atoms with Crippen LogP contribution in [0.4, 0.5) is 5.69 Å². The molecule has 0 aliphatic carbocycles. The fourth-order valence-corrected chi connectivity index (χ4v) is 4.46. The van der Waals surface area contributed by atoms with Crippen LogP contribution in [-0.4, -0.2) is 41.9 Å². The standard InChI is InChI=1S/C33H44N4O2S/c1-22-29(24-9-11-25(12-10-24)30(38)36-21-32(2,3)4)18-28(20-35-22)37-31(39)26-15-23(19-34-13-14-40-8)16-27(17-26)33(5,6)7/h9-12,15-18,20,34H,13-14,19,21H2,1-8H3,(H,36,38)(H,37,39). The van der Waals surface area contributed by atoms with Gasteiger partial charge in [0.15, 0.2) is 0 Å². The first-order valence-electron chi connectivity index (χ1n) is 13.8. The van der Waals surface area contributed by atoms with Gasteiger partial charge in [-0.1, -0.05) is 59.7 Å². The van der Waals surface area contributed by atoms with Gasteiger partial charge in [-0.15, -0.1) is 0 Å². The van der Waals surface area contributed by atoms with Gasteiger partial charge in [0.1, 0.15) is 0 Å². The molecule has 0 atom stereocenters. The first-order valence-corrected chi connectivity index (χ1v) is 15.2. The quantitative estimate of drug-likeness (QED) is 0.237. The fourth-order valence-electron chi connectivity index (χ4n) is 4.11. The van der Waals surface area contributed by atoms with Crippen LogP contribution in [0.2, 0.25) is 0 Å². The van der Waals surface area contributed by atoms with Crippen molar-refractivity contribution in [2.24, 2.45) is 5.41 Å². The maximum absolute atomic E-state index is 13.4. The molecule has 0 aliphatic rings. The van der Waals surface area contributed by atoms with Crippen molar-refractivity contribution in [3.63, 3.8) is 0 Å². The summed E-state index contributed by atoms with van der Waals surface area (Å²) < 4.78 is 0. The molecule has 214 valence electrons. The number of rotatable bonds is 10. The number of amides is 2. The molecule has 0 radical (unpaired) electrons. The van der Waals surface area contributed by atoms with Gasteiger partial charge >= 0.3 is 0 Å². The van der Waals surface area contributed by atoms with Gasteiger partial charge in [-0.05, 0) is 71.0 Å². The van der Waals surface area contributed by atoms with Crippen molar-refractivity contribution < 1.29 is 9.59 Å². The maximum atomic E-state index is 13.4. The van der Waals surface area contributed by atoms with Crippen LogP contribution in [0, 0.1) is 12.3 Å². The van der Waals surface area contributed by atoms with E-state index in [4.69, 9.17) is 0 Å². The van der Waals surface area contributed by atoms with Crippen molar-refractivity contribution in [2.45, 2.75) is 60.4 Å². The summed E-state index contributed by atoms with van der Waals surface area (Å²) in [6, 6.07) is 15.6. The van der Waals surface area contributed by atoms with Gasteiger partial charge in [0.25, 0.3) is 11.8 Å². The van der Waals surface area contributed by atoms with E-state index < -0.39 is 0 Å². The monoisotopic (exact) mass is 560 g/mol. The molecule has 3 rings (SSSR count). The molecule has 3 N–H and O–H groups in total. The number of aromatic nitrogens is 1. The summed E-state index contributed by atoms with van der Waals surface area (Å²) in [5.41, 5.74) is 6.69. The lowest BCUT2D eigenvalue weighted by Crippen LogP contribution is -2.32. The van der Waals surface area contributed by atoms with Crippen LogP contribution >= 0.6 is 11.8 Å². The van der Waals surface area contributed by atoms with E-state index in [0.717, 1.165) is 40.2 Å². The van der Waals surface area contributed by atoms with Crippen molar-refractivity contribution in [3.05, 3.63) is 82.7 Å². The van der Waals surface area contributed by atoms with Crippen molar-refractivity contribution >= 4 is 29.3 Å². The Morgan fingerprint density at radius 1 is 0.900 bits per heavy atom. The molecule has 2 aromatic carbocycles. The molecule has 0 fully saturated rings. The number of carbonyl (C=O) groups excluding carboxylic acids is 2. The second kappa shape index (κ2) is 13.5. The molecular weight excluding hydrogens is 516 g/mol. The average molecular weight is 561 g/mol. The highest BCUT2D eigenvalue weighted by Gasteiger charge is 2.19.